The molecule has 0 saturated heterocycles. The van der Waals surface area contributed by atoms with Crippen LogP contribution in [0.3, 0.4) is 0 Å². The first-order valence-electron chi connectivity index (χ1n) is 8.00. The van der Waals surface area contributed by atoms with Gasteiger partial charge in [0.15, 0.2) is 11.4 Å². The fraction of sp³-hybridized carbons (Fsp3) is 0.105. The number of halogens is 1. The molecule has 0 aliphatic heterocycles. The van der Waals surface area contributed by atoms with Crippen LogP contribution in [0, 0.1) is 5.82 Å². The van der Waals surface area contributed by atoms with Crippen LogP contribution in [0.25, 0.3) is 0 Å². The van der Waals surface area contributed by atoms with E-state index in [2.05, 4.69) is 4.99 Å². The van der Waals surface area contributed by atoms with E-state index in [0.717, 1.165) is 0 Å². The van der Waals surface area contributed by atoms with Gasteiger partial charge in [-0.15, -0.1) is 11.3 Å². The number of nitrogens with zero attached hydrogens (tertiary/aromatic N) is 2. The fourth-order valence-electron chi connectivity index (χ4n) is 2.32. The summed E-state index contributed by atoms with van der Waals surface area (Å²) in [5, 5.41) is 1.79. The molecule has 3 rings (SSSR count). The largest absolute Gasteiger partial charge is 0.484 e. The molecule has 2 amide bonds. The molecule has 0 bridgehead atoms. The summed E-state index contributed by atoms with van der Waals surface area (Å²) in [6.07, 6.45) is 1.75. The van der Waals surface area contributed by atoms with Gasteiger partial charge >= 0.3 is 0 Å². The Morgan fingerprint density at radius 3 is 2.59 bits per heavy atom. The number of primary amides is 1. The second-order valence-corrected chi connectivity index (χ2v) is 6.47. The summed E-state index contributed by atoms with van der Waals surface area (Å²) < 4.78 is 20.7. The molecule has 6 nitrogen and oxygen atoms in total. The number of ether oxygens (including phenoxy) is 1. The standard InChI is InChI=1S/C19H16FN3O3S/c20-16-4-2-1-3-14(16)11-23-9-10-27-19(23)22-18(25)13-5-7-15(8-6-13)26-12-17(21)24/h1-10H,11-12H2,(H2,21,24). The van der Waals surface area contributed by atoms with Gasteiger partial charge in [0.2, 0.25) is 0 Å². The summed E-state index contributed by atoms with van der Waals surface area (Å²) in [7, 11) is 0. The van der Waals surface area contributed by atoms with E-state index in [4.69, 9.17) is 10.5 Å². The number of aromatic nitrogens is 1. The summed E-state index contributed by atoms with van der Waals surface area (Å²) in [5.41, 5.74) is 5.90. The molecular formula is C19H16FN3O3S. The second kappa shape index (κ2) is 8.41. The van der Waals surface area contributed by atoms with Crippen LogP contribution >= 0.6 is 11.3 Å². The van der Waals surface area contributed by atoms with Crippen molar-refractivity contribution >= 4 is 23.2 Å². The summed E-state index contributed by atoms with van der Waals surface area (Å²) in [6, 6.07) is 12.7. The Bertz CT molecular complexity index is 1020. The number of carbonyl (C=O) groups excluding carboxylic acids is 2. The van der Waals surface area contributed by atoms with E-state index in [0.29, 0.717) is 21.7 Å². The molecule has 138 valence electrons. The van der Waals surface area contributed by atoms with Crippen molar-refractivity contribution in [2.75, 3.05) is 6.61 Å². The molecule has 0 aliphatic carbocycles. The maximum atomic E-state index is 13.8. The molecule has 3 aromatic rings. The van der Waals surface area contributed by atoms with Crippen molar-refractivity contribution in [2.45, 2.75) is 6.54 Å². The zero-order valence-corrected chi connectivity index (χ0v) is 15.0. The maximum Gasteiger partial charge on any atom is 0.279 e. The number of hydrogen-bond donors (Lipinski definition) is 1. The Hall–Kier alpha value is -3.26. The Morgan fingerprint density at radius 2 is 1.89 bits per heavy atom. The number of benzene rings is 2. The molecule has 0 spiro atoms. The molecule has 27 heavy (non-hydrogen) atoms. The lowest BCUT2D eigenvalue weighted by molar-refractivity contribution is -0.119. The van der Waals surface area contributed by atoms with Crippen LogP contribution in [-0.4, -0.2) is 23.0 Å². The molecule has 1 heterocycles. The van der Waals surface area contributed by atoms with Crippen LogP contribution in [0.2, 0.25) is 0 Å². The van der Waals surface area contributed by atoms with E-state index in [-0.39, 0.29) is 19.0 Å². The molecule has 1 aromatic heterocycles. The van der Waals surface area contributed by atoms with Crippen molar-refractivity contribution in [1.82, 2.24) is 4.57 Å². The Balaban J connectivity index is 1.77. The normalized spacial score (nSPS) is 11.4. The highest BCUT2D eigenvalue weighted by atomic mass is 32.1. The van der Waals surface area contributed by atoms with E-state index in [1.807, 2.05) is 0 Å². The maximum absolute atomic E-state index is 13.8. The number of nitrogens with two attached hydrogens (primary N) is 1. The van der Waals surface area contributed by atoms with Gasteiger partial charge in [0.05, 0.1) is 6.54 Å². The highest BCUT2D eigenvalue weighted by molar-refractivity contribution is 7.07. The minimum Gasteiger partial charge on any atom is -0.484 e. The average Bonchev–Trinajstić information content (AvgIpc) is 3.09. The van der Waals surface area contributed by atoms with Crippen molar-refractivity contribution in [3.05, 3.63) is 81.9 Å². The van der Waals surface area contributed by atoms with Gasteiger partial charge in [0.25, 0.3) is 11.8 Å². The molecule has 2 aromatic carbocycles. The van der Waals surface area contributed by atoms with Gasteiger partial charge < -0.3 is 15.0 Å². The quantitative estimate of drug-likeness (QED) is 0.707. The number of thiazole rings is 1. The molecule has 0 radical (unpaired) electrons. The average molecular weight is 385 g/mol. The van der Waals surface area contributed by atoms with Crippen LogP contribution in [-0.2, 0) is 11.3 Å². The van der Waals surface area contributed by atoms with Gasteiger partial charge in [-0.3, -0.25) is 9.59 Å². The van der Waals surface area contributed by atoms with Crippen molar-refractivity contribution in [3.63, 3.8) is 0 Å². The Morgan fingerprint density at radius 1 is 1.15 bits per heavy atom. The van der Waals surface area contributed by atoms with Crippen molar-refractivity contribution in [2.24, 2.45) is 10.7 Å². The van der Waals surface area contributed by atoms with Crippen LogP contribution in [0.15, 0.2) is 65.1 Å². The third-order valence-electron chi connectivity index (χ3n) is 3.64. The first-order valence-corrected chi connectivity index (χ1v) is 8.88. The van der Waals surface area contributed by atoms with Crippen LogP contribution in [0.1, 0.15) is 15.9 Å². The van der Waals surface area contributed by atoms with Gasteiger partial charge in [-0.1, -0.05) is 18.2 Å². The van der Waals surface area contributed by atoms with Crippen LogP contribution in [0.4, 0.5) is 4.39 Å². The molecule has 0 saturated carbocycles. The summed E-state index contributed by atoms with van der Waals surface area (Å²) in [4.78, 5) is 27.7. The van der Waals surface area contributed by atoms with Gasteiger partial charge in [-0.2, -0.15) is 4.99 Å². The van der Waals surface area contributed by atoms with Crippen molar-refractivity contribution in [1.29, 1.82) is 0 Å². The minimum absolute atomic E-state index is 0.233. The number of carbonyl (C=O) groups is 2. The summed E-state index contributed by atoms with van der Waals surface area (Å²) in [6.45, 7) is 0.0467. The Kier molecular flexibility index (Phi) is 5.77. The highest BCUT2D eigenvalue weighted by Crippen LogP contribution is 2.13. The Labute approximate surface area is 158 Å². The smallest absolute Gasteiger partial charge is 0.279 e. The number of amides is 2. The zero-order chi connectivity index (χ0) is 19.2. The van der Waals surface area contributed by atoms with Gasteiger partial charge in [-0.25, -0.2) is 4.39 Å². The predicted octanol–water partition coefficient (Wildman–Crippen LogP) is 2.34. The lowest BCUT2D eigenvalue weighted by atomic mass is 10.2. The zero-order valence-electron chi connectivity index (χ0n) is 14.2. The SMILES string of the molecule is NC(=O)COc1ccc(C(=O)N=c2sccn2Cc2ccccc2F)cc1. The first-order chi connectivity index (χ1) is 13.0. The third kappa shape index (κ3) is 4.89. The third-order valence-corrected chi connectivity index (χ3v) is 4.43. The van der Waals surface area contributed by atoms with Crippen LogP contribution in [0.5, 0.6) is 5.75 Å². The molecule has 0 atom stereocenters. The van der Waals surface area contributed by atoms with Gasteiger partial charge in [-0.05, 0) is 30.3 Å². The molecule has 8 heteroatoms. The van der Waals surface area contributed by atoms with Gasteiger partial charge in [0, 0.05) is 22.7 Å². The van der Waals surface area contributed by atoms with Crippen molar-refractivity contribution < 1.29 is 18.7 Å². The highest BCUT2D eigenvalue weighted by Gasteiger charge is 2.08. The lowest BCUT2D eigenvalue weighted by Crippen LogP contribution is -2.20. The first kappa shape index (κ1) is 18.5. The van der Waals surface area contributed by atoms with E-state index in [1.165, 1.54) is 17.4 Å². The molecular weight excluding hydrogens is 369 g/mol. The molecule has 0 aliphatic rings. The fourth-order valence-corrected chi connectivity index (χ4v) is 3.04. The molecule has 0 fully saturated rings. The minimum atomic E-state index is -0.581. The van der Waals surface area contributed by atoms with E-state index in [9.17, 15) is 14.0 Å². The van der Waals surface area contributed by atoms with E-state index >= 15 is 0 Å². The number of rotatable bonds is 6. The number of hydrogen-bond acceptors (Lipinski definition) is 4. The summed E-state index contributed by atoms with van der Waals surface area (Å²) >= 11 is 1.29. The predicted molar refractivity (Wildman–Crippen MR) is 98.8 cm³/mol. The lowest BCUT2D eigenvalue weighted by Gasteiger charge is -2.05. The van der Waals surface area contributed by atoms with Crippen molar-refractivity contribution in [3.8, 4) is 5.75 Å². The van der Waals surface area contributed by atoms with Crippen LogP contribution < -0.4 is 15.3 Å². The van der Waals surface area contributed by atoms with E-state index in [1.54, 1.807) is 58.6 Å². The molecule has 0 unspecified atom stereocenters. The van der Waals surface area contributed by atoms with Gasteiger partial charge in [0.1, 0.15) is 11.6 Å². The summed E-state index contributed by atoms with van der Waals surface area (Å²) in [5.74, 6) is -0.889. The van der Waals surface area contributed by atoms with E-state index < -0.39 is 11.8 Å². The topological polar surface area (TPSA) is 86.7 Å². The second-order valence-electron chi connectivity index (χ2n) is 5.60. The monoisotopic (exact) mass is 385 g/mol. The molecule has 2 N–H and O–H groups in total.